The fourth-order valence-electron chi connectivity index (χ4n) is 0.828. The number of aliphatic hydroxyl groups is 1. The van der Waals surface area contributed by atoms with Crippen molar-refractivity contribution in [3.05, 3.63) is 28.8 Å². The van der Waals surface area contributed by atoms with Gasteiger partial charge in [-0.3, -0.25) is 4.72 Å². The van der Waals surface area contributed by atoms with Crippen LogP contribution in [0.25, 0.3) is 0 Å². The van der Waals surface area contributed by atoms with Crippen LogP contribution in [0.4, 0.5) is 0 Å². The topological polar surface area (TPSA) is 56.0 Å². The fraction of sp³-hybridized carbons (Fsp3) is 0.222. The van der Waals surface area contributed by atoms with Crippen LogP contribution in [-0.2, 0) is 0 Å². The number of nitrogens with one attached hydrogen (secondary N) is 1. The van der Waals surface area contributed by atoms with Crippen molar-refractivity contribution in [2.45, 2.75) is 4.90 Å². The number of halogens is 1. The van der Waals surface area contributed by atoms with E-state index in [2.05, 4.69) is 4.72 Å². The predicted molar refractivity (Wildman–Crippen MR) is 57.1 cm³/mol. The maximum atomic E-state index is 8.60. The molecular formula is C9H9ClN2OS. The molecule has 74 valence electrons. The molecule has 1 aromatic carbocycles. The monoisotopic (exact) mass is 228 g/mol. The zero-order valence-corrected chi connectivity index (χ0v) is 8.90. The average Bonchev–Trinajstić information content (AvgIpc) is 2.20. The first-order chi connectivity index (χ1) is 6.77. The average molecular weight is 229 g/mol. The number of rotatable bonds is 4. The first-order valence-electron chi connectivity index (χ1n) is 3.98. The second kappa shape index (κ2) is 5.89. The predicted octanol–water partition coefficient (Wildman–Crippen LogP) is 1.80. The van der Waals surface area contributed by atoms with E-state index in [0.717, 1.165) is 4.90 Å². The molecule has 0 spiro atoms. The minimum absolute atomic E-state index is 0.0842. The van der Waals surface area contributed by atoms with Crippen LogP contribution >= 0.6 is 23.5 Å². The minimum atomic E-state index is 0.0842. The Balaban J connectivity index is 2.65. The molecule has 0 saturated heterocycles. The summed E-state index contributed by atoms with van der Waals surface area (Å²) in [4.78, 5) is 0.846. The number of nitriles is 1. The molecule has 0 saturated carbocycles. The quantitative estimate of drug-likeness (QED) is 0.610. The van der Waals surface area contributed by atoms with E-state index in [1.54, 1.807) is 18.2 Å². The van der Waals surface area contributed by atoms with Crippen LogP contribution < -0.4 is 4.72 Å². The molecule has 1 rings (SSSR count). The van der Waals surface area contributed by atoms with Crippen LogP contribution in [0, 0.1) is 11.3 Å². The third-order valence-electron chi connectivity index (χ3n) is 1.46. The minimum Gasteiger partial charge on any atom is -0.395 e. The molecule has 0 amide bonds. The van der Waals surface area contributed by atoms with E-state index < -0.39 is 0 Å². The van der Waals surface area contributed by atoms with Gasteiger partial charge in [-0.25, -0.2) is 0 Å². The van der Waals surface area contributed by atoms with Crippen LogP contribution in [0.5, 0.6) is 0 Å². The van der Waals surface area contributed by atoms with Gasteiger partial charge in [-0.1, -0.05) is 11.6 Å². The molecule has 0 unspecified atom stereocenters. The lowest BCUT2D eigenvalue weighted by Gasteiger charge is -2.04. The van der Waals surface area contributed by atoms with Gasteiger partial charge in [-0.15, -0.1) is 0 Å². The number of aliphatic hydroxyl groups excluding tert-OH is 1. The van der Waals surface area contributed by atoms with Gasteiger partial charge in [0, 0.05) is 11.4 Å². The molecule has 5 heteroatoms. The molecule has 0 fully saturated rings. The largest absolute Gasteiger partial charge is 0.395 e. The molecule has 0 aliphatic heterocycles. The molecule has 2 N–H and O–H groups in total. The summed E-state index contributed by atoms with van der Waals surface area (Å²) in [7, 11) is 0. The van der Waals surface area contributed by atoms with Crippen molar-refractivity contribution in [3.63, 3.8) is 0 Å². The van der Waals surface area contributed by atoms with Crippen LogP contribution in [0.1, 0.15) is 5.56 Å². The lowest BCUT2D eigenvalue weighted by atomic mass is 10.2. The van der Waals surface area contributed by atoms with E-state index in [1.807, 2.05) is 6.07 Å². The summed E-state index contributed by atoms with van der Waals surface area (Å²) >= 11 is 7.25. The number of hydrogen-bond donors (Lipinski definition) is 2. The second-order valence-corrected chi connectivity index (χ2v) is 3.82. The maximum absolute atomic E-state index is 8.60. The van der Waals surface area contributed by atoms with Gasteiger partial charge < -0.3 is 5.11 Å². The molecule has 0 heterocycles. The maximum Gasteiger partial charge on any atom is 0.0992 e. The van der Waals surface area contributed by atoms with Gasteiger partial charge in [0.2, 0.25) is 0 Å². The zero-order valence-electron chi connectivity index (χ0n) is 7.33. The van der Waals surface area contributed by atoms with E-state index >= 15 is 0 Å². The Morgan fingerprint density at radius 1 is 1.57 bits per heavy atom. The van der Waals surface area contributed by atoms with Crippen LogP contribution in [0.15, 0.2) is 23.1 Å². The van der Waals surface area contributed by atoms with E-state index in [0.29, 0.717) is 17.1 Å². The molecule has 0 aromatic heterocycles. The molecule has 3 nitrogen and oxygen atoms in total. The highest BCUT2D eigenvalue weighted by molar-refractivity contribution is 7.97. The summed E-state index contributed by atoms with van der Waals surface area (Å²) in [6.45, 7) is 0.585. The summed E-state index contributed by atoms with van der Waals surface area (Å²) in [5.41, 5.74) is 0.543. The van der Waals surface area contributed by atoms with Gasteiger partial charge in [0.25, 0.3) is 0 Å². The van der Waals surface area contributed by atoms with E-state index in [4.69, 9.17) is 22.0 Å². The molecule has 14 heavy (non-hydrogen) atoms. The Morgan fingerprint density at radius 2 is 2.36 bits per heavy atom. The number of nitrogens with zero attached hydrogens (tertiary/aromatic N) is 1. The lowest BCUT2D eigenvalue weighted by molar-refractivity contribution is 0.302. The van der Waals surface area contributed by atoms with Gasteiger partial charge >= 0.3 is 0 Å². The van der Waals surface area contributed by atoms with Crippen molar-refractivity contribution in [2.24, 2.45) is 0 Å². The summed E-state index contributed by atoms with van der Waals surface area (Å²) in [5.74, 6) is 0. The standard InChI is InChI=1S/C9H9ClN2OS/c10-8-5-7(6-11)1-2-9(8)14-12-3-4-13/h1-2,5,12-13H,3-4H2. The van der Waals surface area contributed by atoms with Crippen molar-refractivity contribution in [1.29, 1.82) is 5.26 Å². The molecular weight excluding hydrogens is 220 g/mol. The van der Waals surface area contributed by atoms with Crippen molar-refractivity contribution >= 4 is 23.5 Å². The molecule has 0 aliphatic rings. The summed E-state index contributed by atoms with van der Waals surface area (Å²) in [6.07, 6.45) is 0. The number of benzene rings is 1. The first kappa shape index (κ1) is 11.3. The van der Waals surface area contributed by atoms with Gasteiger partial charge in [0.1, 0.15) is 0 Å². The Morgan fingerprint density at radius 3 is 2.93 bits per heavy atom. The molecule has 1 aromatic rings. The summed E-state index contributed by atoms with van der Waals surface area (Å²) in [5, 5.41) is 17.7. The third kappa shape index (κ3) is 3.20. The molecule has 0 atom stereocenters. The van der Waals surface area contributed by atoms with Gasteiger partial charge in [0.15, 0.2) is 0 Å². The molecule has 0 aliphatic carbocycles. The van der Waals surface area contributed by atoms with Crippen molar-refractivity contribution in [1.82, 2.24) is 4.72 Å². The highest BCUT2D eigenvalue weighted by Crippen LogP contribution is 2.25. The van der Waals surface area contributed by atoms with Crippen molar-refractivity contribution < 1.29 is 5.11 Å². The summed E-state index contributed by atoms with van der Waals surface area (Å²) in [6, 6.07) is 7.10. The van der Waals surface area contributed by atoms with Crippen LogP contribution in [-0.4, -0.2) is 18.3 Å². The van der Waals surface area contributed by atoms with Crippen LogP contribution in [0.2, 0.25) is 5.02 Å². The highest BCUT2D eigenvalue weighted by Gasteiger charge is 2.01. The Labute approximate surface area is 91.8 Å². The highest BCUT2D eigenvalue weighted by atomic mass is 35.5. The normalized spacial score (nSPS) is 9.79. The summed E-state index contributed by atoms with van der Waals surface area (Å²) < 4.78 is 2.93. The van der Waals surface area contributed by atoms with E-state index in [9.17, 15) is 0 Å². The van der Waals surface area contributed by atoms with E-state index in [-0.39, 0.29) is 6.61 Å². The SMILES string of the molecule is N#Cc1ccc(SNCCO)c(Cl)c1. The molecule has 0 bridgehead atoms. The first-order valence-corrected chi connectivity index (χ1v) is 5.17. The zero-order chi connectivity index (χ0) is 10.4. The Hall–Kier alpha value is -0.730. The Bertz CT molecular complexity index is 351. The lowest BCUT2D eigenvalue weighted by Crippen LogP contribution is -2.08. The smallest absolute Gasteiger partial charge is 0.0992 e. The number of hydrogen-bond acceptors (Lipinski definition) is 4. The van der Waals surface area contributed by atoms with Crippen molar-refractivity contribution in [2.75, 3.05) is 13.2 Å². The van der Waals surface area contributed by atoms with Crippen molar-refractivity contribution in [3.8, 4) is 6.07 Å². The molecule has 0 radical (unpaired) electrons. The van der Waals surface area contributed by atoms with E-state index in [1.165, 1.54) is 11.9 Å². The Kier molecular flexibility index (Phi) is 4.77. The van der Waals surface area contributed by atoms with Gasteiger partial charge in [-0.05, 0) is 30.1 Å². The fourth-order valence-corrected chi connectivity index (χ4v) is 1.77. The van der Waals surface area contributed by atoms with Crippen LogP contribution in [0.3, 0.4) is 0 Å². The van der Waals surface area contributed by atoms with Gasteiger partial charge in [0.05, 0.1) is 23.3 Å². The van der Waals surface area contributed by atoms with Gasteiger partial charge in [-0.2, -0.15) is 5.26 Å². The third-order valence-corrected chi connectivity index (χ3v) is 2.81. The second-order valence-electron chi connectivity index (χ2n) is 2.48.